The van der Waals surface area contributed by atoms with Crippen LogP contribution in [0.25, 0.3) is 0 Å². The predicted octanol–water partition coefficient (Wildman–Crippen LogP) is 2.85. The second-order valence-corrected chi connectivity index (χ2v) is 7.69. The summed E-state index contributed by atoms with van der Waals surface area (Å²) in [6.07, 6.45) is 3.97. The van der Waals surface area contributed by atoms with Gasteiger partial charge in [0, 0.05) is 5.75 Å². The molecular formula is C16H26O5S2. The maximum absolute atomic E-state index is 12.5. The summed E-state index contributed by atoms with van der Waals surface area (Å²) in [5.74, 6) is -0.289. The maximum Gasteiger partial charge on any atom is 0.377 e. The summed E-state index contributed by atoms with van der Waals surface area (Å²) in [6.45, 7) is 6.04. The summed E-state index contributed by atoms with van der Waals surface area (Å²) in [4.78, 5) is 36.5. The van der Waals surface area contributed by atoms with Crippen molar-refractivity contribution in [3.05, 3.63) is 0 Å². The van der Waals surface area contributed by atoms with Crippen LogP contribution in [0.15, 0.2) is 0 Å². The van der Waals surface area contributed by atoms with Crippen molar-refractivity contribution in [1.29, 1.82) is 0 Å². The number of rotatable bonds is 11. The van der Waals surface area contributed by atoms with Gasteiger partial charge in [-0.1, -0.05) is 26.7 Å². The van der Waals surface area contributed by atoms with Gasteiger partial charge in [0.05, 0.1) is 6.61 Å². The molecule has 0 aromatic heterocycles. The Hall–Kier alpha value is -0.690. The zero-order valence-electron chi connectivity index (χ0n) is 14.1. The number of ketones is 1. The minimum absolute atomic E-state index is 0.193. The molecule has 2 unspecified atom stereocenters. The van der Waals surface area contributed by atoms with E-state index in [1.165, 1.54) is 23.5 Å². The fraction of sp³-hybridized carbons (Fsp3) is 0.812. The zero-order valence-corrected chi connectivity index (χ0v) is 15.7. The first kappa shape index (κ1) is 20.4. The van der Waals surface area contributed by atoms with Crippen molar-refractivity contribution in [2.75, 3.05) is 23.9 Å². The van der Waals surface area contributed by atoms with Gasteiger partial charge in [0.1, 0.15) is 5.25 Å². The van der Waals surface area contributed by atoms with Gasteiger partial charge in [0.25, 0.3) is 5.78 Å². The molecule has 0 saturated carbocycles. The molecule has 23 heavy (non-hydrogen) atoms. The number of hydrogen-bond acceptors (Lipinski definition) is 7. The van der Waals surface area contributed by atoms with Gasteiger partial charge in [0.15, 0.2) is 0 Å². The van der Waals surface area contributed by atoms with Crippen LogP contribution >= 0.6 is 23.5 Å². The van der Waals surface area contributed by atoms with E-state index >= 15 is 0 Å². The fourth-order valence-corrected chi connectivity index (χ4v) is 5.00. The van der Waals surface area contributed by atoms with E-state index in [1.807, 2.05) is 0 Å². The summed E-state index contributed by atoms with van der Waals surface area (Å²) in [6, 6.07) is 0. The molecule has 0 spiro atoms. The number of ether oxygens (including phenoxy) is 2. The number of cyclic esters (lactones) is 1. The molecule has 0 N–H and O–H groups in total. The predicted molar refractivity (Wildman–Crippen MR) is 93.9 cm³/mol. The number of thioether (sulfide) groups is 2. The third-order valence-corrected chi connectivity index (χ3v) is 6.16. The molecule has 1 aliphatic rings. The highest BCUT2D eigenvalue weighted by Crippen LogP contribution is 2.38. The molecule has 1 heterocycles. The molecule has 1 rings (SSSR count). The first-order valence-electron chi connectivity index (χ1n) is 8.17. The van der Waals surface area contributed by atoms with Crippen molar-refractivity contribution in [1.82, 2.24) is 0 Å². The first-order valence-corrected chi connectivity index (χ1v) is 10.4. The van der Waals surface area contributed by atoms with Crippen molar-refractivity contribution in [2.45, 2.75) is 57.3 Å². The monoisotopic (exact) mass is 362 g/mol. The number of unbranched alkanes of at least 4 members (excludes halogenated alkanes) is 2. The molecule has 2 atom stereocenters. The highest BCUT2D eigenvalue weighted by molar-refractivity contribution is 8.01. The third kappa shape index (κ3) is 5.14. The Morgan fingerprint density at radius 3 is 2.43 bits per heavy atom. The Morgan fingerprint density at radius 2 is 1.83 bits per heavy atom. The summed E-state index contributed by atoms with van der Waals surface area (Å²) < 4.78 is 10.4. The van der Waals surface area contributed by atoms with Crippen molar-refractivity contribution in [3.8, 4) is 0 Å². The van der Waals surface area contributed by atoms with Gasteiger partial charge in [-0.15, -0.1) is 11.8 Å². The largest absolute Gasteiger partial charge is 0.463 e. The summed E-state index contributed by atoms with van der Waals surface area (Å²) >= 11 is 2.87. The molecular weight excluding hydrogens is 336 g/mol. The second-order valence-electron chi connectivity index (χ2n) is 5.37. The number of carbonyl (C=O) groups is 3. The lowest BCUT2D eigenvalue weighted by Gasteiger charge is -2.29. The smallest absolute Gasteiger partial charge is 0.377 e. The lowest BCUT2D eigenvalue weighted by atomic mass is 10.0. The van der Waals surface area contributed by atoms with E-state index in [9.17, 15) is 14.4 Å². The highest BCUT2D eigenvalue weighted by atomic mass is 32.2. The van der Waals surface area contributed by atoms with Gasteiger partial charge in [-0.05, 0) is 31.3 Å². The first-order chi connectivity index (χ1) is 11.0. The van der Waals surface area contributed by atoms with Gasteiger partial charge in [-0.2, -0.15) is 11.8 Å². The minimum atomic E-state index is -1.47. The van der Waals surface area contributed by atoms with Gasteiger partial charge in [-0.25, -0.2) is 9.59 Å². The number of esters is 2. The molecule has 132 valence electrons. The van der Waals surface area contributed by atoms with E-state index in [4.69, 9.17) is 9.47 Å². The molecule has 7 heteroatoms. The van der Waals surface area contributed by atoms with Gasteiger partial charge in [0.2, 0.25) is 5.60 Å². The van der Waals surface area contributed by atoms with E-state index in [-0.39, 0.29) is 12.4 Å². The maximum atomic E-state index is 12.5. The van der Waals surface area contributed by atoms with Gasteiger partial charge >= 0.3 is 11.9 Å². The quantitative estimate of drug-likeness (QED) is 0.318. The normalized spacial score (nSPS) is 23.9. The third-order valence-electron chi connectivity index (χ3n) is 3.50. The van der Waals surface area contributed by atoms with Crippen LogP contribution in [-0.2, 0) is 23.9 Å². The van der Waals surface area contributed by atoms with Crippen molar-refractivity contribution in [3.63, 3.8) is 0 Å². The van der Waals surface area contributed by atoms with Crippen LogP contribution in [0.1, 0.15) is 46.5 Å². The highest BCUT2D eigenvalue weighted by Gasteiger charge is 2.61. The van der Waals surface area contributed by atoms with E-state index in [2.05, 4.69) is 13.8 Å². The Morgan fingerprint density at radius 1 is 1.17 bits per heavy atom. The molecule has 0 aromatic carbocycles. The Balaban J connectivity index is 2.94. The van der Waals surface area contributed by atoms with Gasteiger partial charge in [-0.3, -0.25) is 4.79 Å². The number of hydrogen-bond donors (Lipinski definition) is 0. The molecule has 1 saturated heterocycles. The molecule has 0 bridgehead atoms. The molecule has 0 aromatic rings. The average molecular weight is 363 g/mol. The molecule has 0 radical (unpaired) electrons. The van der Waals surface area contributed by atoms with Crippen LogP contribution in [0.5, 0.6) is 0 Å². The fourth-order valence-electron chi connectivity index (χ4n) is 2.18. The van der Waals surface area contributed by atoms with E-state index < -0.39 is 28.6 Å². The summed E-state index contributed by atoms with van der Waals surface area (Å²) in [5.41, 5.74) is -1.47. The Kier molecular flexibility index (Phi) is 9.06. The van der Waals surface area contributed by atoms with Crippen LogP contribution in [0, 0.1) is 0 Å². The standard InChI is InChI=1S/C16H26O5S2/c1-4-7-9-22-11-16(15(19)20-6-3)13(23-10-8-5-2)12(17)14(18)21-16/h13H,4-11H2,1-3H3. The SMILES string of the molecule is CCCCSCC1(C(=O)OCC)OC(=O)C(=O)C1SCCCC. The van der Waals surface area contributed by atoms with Crippen LogP contribution in [0.2, 0.25) is 0 Å². The Labute approximate surface area is 146 Å². The average Bonchev–Trinajstić information content (AvgIpc) is 2.77. The van der Waals surface area contributed by atoms with E-state index in [0.717, 1.165) is 31.4 Å². The Bertz CT molecular complexity index is 427. The van der Waals surface area contributed by atoms with Crippen molar-refractivity contribution in [2.24, 2.45) is 0 Å². The molecule has 0 aliphatic carbocycles. The van der Waals surface area contributed by atoms with Crippen molar-refractivity contribution >= 4 is 41.2 Å². The summed E-state index contributed by atoms with van der Waals surface area (Å²) in [7, 11) is 0. The lowest BCUT2D eigenvalue weighted by Crippen LogP contribution is -2.51. The van der Waals surface area contributed by atoms with Crippen LogP contribution in [-0.4, -0.2) is 52.4 Å². The zero-order chi connectivity index (χ0) is 17.3. The minimum Gasteiger partial charge on any atom is -0.463 e. The topological polar surface area (TPSA) is 69.7 Å². The lowest BCUT2D eigenvalue weighted by molar-refractivity contribution is -0.171. The van der Waals surface area contributed by atoms with Crippen LogP contribution in [0.3, 0.4) is 0 Å². The molecule has 1 fully saturated rings. The second kappa shape index (κ2) is 10.2. The van der Waals surface area contributed by atoms with Gasteiger partial charge < -0.3 is 9.47 Å². The number of Topliss-reactive ketones (excluding diaryl/α,β-unsaturated/α-hetero) is 1. The molecule has 5 nitrogen and oxygen atoms in total. The molecule has 1 aliphatic heterocycles. The van der Waals surface area contributed by atoms with Crippen LogP contribution in [0.4, 0.5) is 0 Å². The van der Waals surface area contributed by atoms with Crippen LogP contribution < -0.4 is 0 Å². The van der Waals surface area contributed by atoms with Crippen molar-refractivity contribution < 1.29 is 23.9 Å². The number of carbonyl (C=O) groups excluding carboxylic acids is 3. The molecule has 0 amide bonds. The van der Waals surface area contributed by atoms with E-state index in [0.29, 0.717) is 5.75 Å². The summed E-state index contributed by atoms with van der Waals surface area (Å²) in [5, 5.41) is -0.797. The van der Waals surface area contributed by atoms with E-state index in [1.54, 1.807) is 6.92 Å².